The third-order valence-corrected chi connectivity index (χ3v) is 1.90. The average Bonchev–Trinajstić information content (AvgIpc) is 2.34. The largest absolute Gasteiger partial charge is 0.462 e. The van der Waals surface area contributed by atoms with E-state index in [2.05, 4.69) is 17.9 Å². The molecule has 0 aromatic heterocycles. The molecule has 0 heterocycles. The maximum absolute atomic E-state index is 11.2. The van der Waals surface area contributed by atoms with Gasteiger partial charge in [0.25, 0.3) is 0 Å². The number of rotatable bonds is 9. The lowest BCUT2D eigenvalue weighted by Gasteiger charge is -2.06. The van der Waals surface area contributed by atoms with Gasteiger partial charge in [-0.15, -0.1) is 0 Å². The van der Waals surface area contributed by atoms with Crippen molar-refractivity contribution in [2.75, 3.05) is 13.2 Å². The third-order valence-electron chi connectivity index (χ3n) is 1.90. The molecule has 0 fully saturated rings. The van der Waals surface area contributed by atoms with Gasteiger partial charge in [-0.05, 0) is 13.3 Å². The lowest BCUT2D eigenvalue weighted by Crippen LogP contribution is -2.14. The first-order chi connectivity index (χ1) is 8.97. The van der Waals surface area contributed by atoms with Gasteiger partial charge < -0.3 is 14.2 Å². The van der Waals surface area contributed by atoms with Gasteiger partial charge >= 0.3 is 17.9 Å². The molecular weight excluding hydrogens is 252 g/mol. The molecule has 0 saturated carbocycles. The van der Waals surface area contributed by atoms with Crippen LogP contribution in [0.1, 0.15) is 26.2 Å². The third kappa shape index (κ3) is 9.58. The van der Waals surface area contributed by atoms with Crippen LogP contribution in [0.2, 0.25) is 0 Å². The normalized spacial score (nSPS) is 9.32. The summed E-state index contributed by atoms with van der Waals surface area (Å²) in [4.78, 5) is 33.1. The Kier molecular flexibility index (Phi) is 8.78. The maximum atomic E-state index is 11.2. The van der Waals surface area contributed by atoms with Crippen LogP contribution in [0.3, 0.4) is 0 Å². The van der Waals surface area contributed by atoms with E-state index in [1.54, 1.807) is 0 Å². The van der Waals surface area contributed by atoms with Gasteiger partial charge in [0.15, 0.2) is 0 Å². The summed E-state index contributed by atoms with van der Waals surface area (Å²) in [5.74, 6) is -1.43. The average molecular weight is 270 g/mol. The van der Waals surface area contributed by atoms with E-state index in [9.17, 15) is 14.4 Å². The van der Waals surface area contributed by atoms with Crippen molar-refractivity contribution >= 4 is 17.9 Å². The summed E-state index contributed by atoms with van der Waals surface area (Å²) >= 11 is 0. The molecule has 0 aromatic rings. The van der Waals surface area contributed by atoms with Crippen molar-refractivity contribution in [3.63, 3.8) is 0 Å². The predicted molar refractivity (Wildman–Crippen MR) is 66.9 cm³/mol. The van der Waals surface area contributed by atoms with E-state index < -0.39 is 17.9 Å². The summed E-state index contributed by atoms with van der Waals surface area (Å²) in [6, 6.07) is 0. The van der Waals surface area contributed by atoms with Gasteiger partial charge in [-0.3, -0.25) is 9.59 Å². The molecular formula is C13H18O6. The summed E-state index contributed by atoms with van der Waals surface area (Å²) in [5.41, 5.74) is 0.284. The van der Waals surface area contributed by atoms with Gasteiger partial charge in [0.05, 0.1) is 6.26 Å². The van der Waals surface area contributed by atoms with Crippen molar-refractivity contribution in [3.05, 3.63) is 25.0 Å². The lowest BCUT2D eigenvalue weighted by molar-refractivity contribution is -0.150. The molecule has 0 saturated heterocycles. The molecule has 0 aliphatic heterocycles. The first-order valence-corrected chi connectivity index (χ1v) is 5.76. The second kappa shape index (κ2) is 9.87. The highest BCUT2D eigenvalue weighted by molar-refractivity contribution is 5.86. The zero-order valence-electron chi connectivity index (χ0n) is 11.0. The molecule has 0 aliphatic carbocycles. The van der Waals surface area contributed by atoms with E-state index in [0.717, 1.165) is 6.26 Å². The molecule has 19 heavy (non-hydrogen) atoms. The summed E-state index contributed by atoms with van der Waals surface area (Å²) in [5, 5.41) is 0. The van der Waals surface area contributed by atoms with Gasteiger partial charge in [0, 0.05) is 18.4 Å². The van der Waals surface area contributed by atoms with Crippen LogP contribution >= 0.6 is 0 Å². The monoisotopic (exact) mass is 270 g/mol. The standard InChI is InChI=1S/C13H18O6/c1-4-17-11(14)6-5-7-12(15)18-8-9-19-13(16)10(2)3/h4H,1-2,5-9H2,3H3. The van der Waals surface area contributed by atoms with E-state index in [0.29, 0.717) is 6.42 Å². The Hall–Kier alpha value is -2.11. The van der Waals surface area contributed by atoms with Crippen molar-refractivity contribution in [2.45, 2.75) is 26.2 Å². The lowest BCUT2D eigenvalue weighted by atomic mass is 10.2. The molecule has 106 valence electrons. The molecule has 0 rings (SSSR count). The molecule has 0 amide bonds. The van der Waals surface area contributed by atoms with Crippen LogP contribution in [0, 0.1) is 0 Å². The van der Waals surface area contributed by atoms with Crippen molar-refractivity contribution in [1.29, 1.82) is 0 Å². The SMILES string of the molecule is C=COC(=O)CCCC(=O)OCCOC(=O)C(=C)C. The van der Waals surface area contributed by atoms with Gasteiger partial charge in [0.2, 0.25) is 0 Å². The summed E-state index contributed by atoms with van der Waals surface area (Å²) in [7, 11) is 0. The Morgan fingerprint density at radius 2 is 1.63 bits per heavy atom. The zero-order chi connectivity index (χ0) is 14.7. The summed E-state index contributed by atoms with van der Waals surface area (Å²) in [6.07, 6.45) is 1.58. The Morgan fingerprint density at radius 3 is 2.21 bits per heavy atom. The van der Waals surface area contributed by atoms with Crippen LogP contribution in [-0.2, 0) is 28.6 Å². The van der Waals surface area contributed by atoms with Gasteiger partial charge in [0.1, 0.15) is 13.2 Å². The summed E-state index contributed by atoms with van der Waals surface area (Å²) in [6.45, 7) is 8.13. The minimum Gasteiger partial charge on any atom is -0.462 e. The fourth-order valence-electron chi connectivity index (χ4n) is 1.01. The number of ether oxygens (including phenoxy) is 3. The van der Waals surface area contributed by atoms with Gasteiger partial charge in [-0.25, -0.2) is 4.79 Å². The van der Waals surface area contributed by atoms with Crippen molar-refractivity contribution in [3.8, 4) is 0 Å². The first-order valence-electron chi connectivity index (χ1n) is 5.76. The van der Waals surface area contributed by atoms with Crippen LogP contribution in [-0.4, -0.2) is 31.1 Å². The predicted octanol–water partition coefficient (Wildman–Crippen LogP) is 1.51. The number of carbonyl (C=O) groups is 3. The van der Waals surface area contributed by atoms with E-state index in [4.69, 9.17) is 9.47 Å². The Bertz CT molecular complexity index is 358. The van der Waals surface area contributed by atoms with Gasteiger partial charge in [-0.2, -0.15) is 0 Å². The Labute approximate surface area is 112 Å². The highest BCUT2D eigenvalue weighted by atomic mass is 16.6. The molecule has 0 unspecified atom stereocenters. The molecule has 0 aliphatic rings. The molecule has 6 heteroatoms. The summed E-state index contributed by atoms with van der Waals surface area (Å²) < 4.78 is 14.0. The second-order valence-electron chi connectivity index (χ2n) is 3.65. The van der Waals surface area contributed by atoms with Crippen molar-refractivity contribution in [1.82, 2.24) is 0 Å². The fourth-order valence-corrected chi connectivity index (χ4v) is 1.01. The molecule has 0 N–H and O–H groups in total. The second-order valence-corrected chi connectivity index (χ2v) is 3.65. The minimum atomic E-state index is -0.525. The quantitative estimate of drug-likeness (QED) is 0.208. The topological polar surface area (TPSA) is 78.9 Å². The molecule has 0 radical (unpaired) electrons. The van der Waals surface area contributed by atoms with Crippen LogP contribution < -0.4 is 0 Å². The van der Waals surface area contributed by atoms with Crippen molar-refractivity contribution < 1.29 is 28.6 Å². The molecule has 6 nitrogen and oxygen atoms in total. The van der Waals surface area contributed by atoms with Crippen molar-refractivity contribution in [2.24, 2.45) is 0 Å². The maximum Gasteiger partial charge on any atom is 0.333 e. The van der Waals surface area contributed by atoms with E-state index in [1.165, 1.54) is 6.92 Å². The van der Waals surface area contributed by atoms with Crippen LogP contribution in [0.4, 0.5) is 0 Å². The Balaban J connectivity index is 3.55. The van der Waals surface area contributed by atoms with Crippen LogP contribution in [0.25, 0.3) is 0 Å². The van der Waals surface area contributed by atoms with Crippen LogP contribution in [0.5, 0.6) is 0 Å². The molecule has 0 spiro atoms. The van der Waals surface area contributed by atoms with E-state index in [-0.39, 0.29) is 31.6 Å². The minimum absolute atomic E-state index is 0.0179. The smallest absolute Gasteiger partial charge is 0.333 e. The number of carbonyl (C=O) groups excluding carboxylic acids is 3. The number of hydrogen-bond acceptors (Lipinski definition) is 6. The zero-order valence-corrected chi connectivity index (χ0v) is 11.0. The highest BCUT2D eigenvalue weighted by Gasteiger charge is 2.07. The Morgan fingerprint density at radius 1 is 1.05 bits per heavy atom. The molecule has 0 atom stereocenters. The van der Waals surface area contributed by atoms with Gasteiger partial charge in [-0.1, -0.05) is 13.2 Å². The van der Waals surface area contributed by atoms with Crippen LogP contribution in [0.15, 0.2) is 25.0 Å². The molecule has 0 aromatic carbocycles. The first kappa shape index (κ1) is 16.9. The van der Waals surface area contributed by atoms with E-state index in [1.807, 2.05) is 0 Å². The molecule has 0 bridgehead atoms. The van der Waals surface area contributed by atoms with E-state index >= 15 is 0 Å². The number of hydrogen-bond donors (Lipinski definition) is 0. The number of esters is 3. The highest BCUT2D eigenvalue weighted by Crippen LogP contribution is 2.00. The fraction of sp³-hybridized carbons (Fsp3) is 0.462.